The molecule has 1 unspecified atom stereocenters. The Kier molecular flexibility index (Phi) is 4.00. The van der Waals surface area contributed by atoms with E-state index < -0.39 is 0 Å². The number of hydrogen-bond acceptors (Lipinski definition) is 3. The van der Waals surface area contributed by atoms with Crippen LogP contribution in [0.2, 0.25) is 0 Å². The molecule has 1 aliphatic carbocycles. The number of ether oxygens (including phenoxy) is 1. The molecule has 15 heavy (non-hydrogen) atoms. The van der Waals surface area contributed by atoms with Gasteiger partial charge in [-0.05, 0) is 25.2 Å². The summed E-state index contributed by atoms with van der Waals surface area (Å²) in [6.45, 7) is 4.24. The van der Waals surface area contributed by atoms with Crippen LogP contribution >= 0.6 is 0 Å². The molecular formula is C12H23NO2. The number of aliphatic hydroxyl groups excluding tert-OH is 1. The molecule has 1 saturated carbocycles. The van der Waals surface area contributed by atoms with Crippen LogP contribution in [-0.4, -0.2) is 38.0 Å². The Labute approximate surface area is 92.2 Å². The molecule has 2 rings (SSSR count). The molecule has 3 heteroatoms. The first-order valence-corrected chi connectivity index (χ1v) is 6.24. The van der Waals surface area contributed by atoms with Crippen molar-refractivity contribution in [3.8, 4) is 0 Å². The van der Waals surface area contributed by atoms with Crippen molar-refractivity contribution in [3.05, 3.63) is 0 Å². The minimum absolute atomic E-state index is 0.194. The molecule has 88 valence electrons. The molecule has 1 heterocycles. The minimum Gasteiger partial charge on any atom is -0.396 e. The number of rotatable bonds is 5. The fourth-order valence-corrected chi connectivity index (χ4v) is 2.80. The zero-order chi connectivity index (χ0) is 10.6. The average molecular weight is 213 g/mol. The van der Waals surface area contributed by atoms with Crippen LogP contribution in [0.1, 0.15) is 32.1 Å². The van der Waals surface area contributed by atoms with E-state index in [1.165, 1.54) is 32.1 Å². The van der Waals surface area contributed by atoms with E-state index in [2.05, 4.69) is 5.32 Å². The van der Waals surface area contributed by atoms with Gasteiger partial charge in [0.15, 0.2) is 0 Å². The molecular weight excluding hydrogens is 190 g/mol. The van der Waals surface area contributed by atoms with Crippen molar-refractivity contribution in [2.75, 3.05) is 32.9 Å². The quantitative estimate of drug-likeness (QED) is 0.720. The van der Waals surface area contributed by atoms with Gasteiger partial charge in [0.2, 0.25) is 0 Å². The second-order valence-corrected chi connectivity index (χ2v) is 5.23. The van der Waals surface area contributed by atoms with E-state index in [0.717, 1.165) is 26.3 Å². The summed E-state index contributed by atoms with van der Waals surface area (Å²) in [5.41, 5.74) is 0.194. The third-order valence-electron chi connectivity index (χ3n) is 3.96. The standard InChI is InChI=1S/C12H23NO2/c14-10-12(4-1-2-5-12)9-13-7-11-3-6-15-8-11/h11,13-14H,1-10H2. The maximum atomic E-state index is 9.44. The van der Waals surface area contributed by atoms with Gasteiger partial charge in [-0.15, -0.1) is 0 Å². The third-order valence-corrected chi connectivity index (χ3v) is 3.96. The molecule has 2 fully saturated rings. The maximum absolute atomic E-state index is 9.44. The van der Waals surface area contributed by atoms with E-state index in [1.54, 1.807) is 0 Å². The predicted octanol–water partition coefficient (Wildman–Crippen LogP) is 1.17. The third kappa shape index (κ3) is 2.92. The zero-order valence-electron chi connectivity index (χ0n) is 9.50. The van der Waals surface area contributed by atoms with Crippen molar-refractivity contribution in [2.45, 2.75) is 32.1 Å². The molecule has 2 aliphatic rings. The Morgan fingerprint density at radius 2 is 2.13 bits per heavy atom. The van der Waals surface area contributed by atoms with E-state index in [4.69, 9.17) is 4.74 Å². The average Bonchev–Trinajstić information content (AvgIpc) is 2.89. The van der Waals surface area contributed by atoms with Gasteiger partial charge in [0.1, 0.15) is 0 Å². The topological polar surface area (TPSA) is 41.5 Å². The molecule has 0 aromatic carbocycles. The second kappa shape index (κ2) is 5.28. The first kappa shape index (κ1) is 11.4. The van der Waals surface area contributed by atoms with E-state index in [-0.39, 0.29) is 5.41 Å². The van der Waals surface area contributed by atoms with E-state index in [1.807, 2.05) is 0 Å². The summed E-state index contributed by atoms with van der Waals surface area (Å²) in [5, 5.41) is 13.0. The highest BCUT2D eigenvalue weighted by atomic mass is 16.5. The highest BCUT2D eigenvalue weighted by Crippen LogP contribution is 2.36. The summed E-state index contributed by atoms with van der Waals surface area (Å²) in [5.74, 6) is 0.696. The molecule has 0 bridgehead atoms. The van der Waals surface area contributed by atoms with E-state index >= 15 is 0 Å². The van der Waals surface area contributed by atoms with Gasteiger partial charge in [-0.2, -0.15) is 0 Å². The Bertz CT molecular complexity index is 184. The van der Waals surface area contributed by atoms with Crippen LogP contribution in [0.4, 0.5) is 0 Å². The van der Waals surface area contributed by atoms with Gasteiger partial charge in [-0.25, -0.2) is 0 Å². The summed E-state index contributed by atoms with van der Waals surface area (Å²) < 4.78 is 5.34. The lowest BCUT2D eigenvalue weighted by atomic mass is 9.87. The fourth-order valence-electron chi connectivity index (χ4n) is 2.80. The van der Waals surface area contributed by atoms with Gasteiger partial charge in [-0.3, -0.25) is 0 Å². The van der Waals surface area contributed by atoms with Crippen LogP contribution in [0.5, 0.6) is 0 Å². The van der Waals surface area contributed by atoms with E-state index in [9.17, 15) is 5.11 Å². The van der Waals surface area contributed by atoms with Crippen molar-refractivity contribution < 1.29 is 9.84 Å². The van der Waals surface area contributed by atoms with Gasteiger partial charge in [0, 0.05) is 31.7 Å². The van der Waals surface area contributed by atoms with Gasteiger partial charge in [0.25, 0.3) is 0 Å². The lowest BCUT2D eigenvalue weighted by molar-refractivity contribution is 0.126. The van der Waals surface area contributed by atoms with Crippen molar-refractivity contribution in [2.24, 2.45) is 11.3 Å². The molecule has 0 aromatic rings. The van der Waals surface area contributed by atoms with Crippen LogP contribution < -0.4 is 5.32 Å². The Hall–Kier alpha value is -0.120. The summed E-state index contributed by atoms with van der Waals surface area (Å²) in [6.07, 6.45) is 6.15. The first-order chi connectivity index (χ1) is 7.35. The molecule has 0 aromatic heterocycles. The normalized spacial score (nSPS) is 29.8. The largest absolute Gasteiger partial charge is 0.396 e. The fraction of sp³-hybridized carbons (Fsp3) is 1.00. The Morgan fingerprint density at radius 3 is 2.73 bits per heavy atom. The molecule has 1 aliphatic heterocycles. The van der Waals surface area contributed by atoms with Gasteiger partial charge < -0.3 is 15.2 Å². The number of hydrogen-bond donors (Lipinski definition) is 2. The van der Waals surface area contributed by atoms with Crippen LogP contribution in [0.25, 0.3) is 0 Å². The highest BCUT2D eigenvalue weighted by Gasteiger charge is 2.32. The molecule has 3 nitrogen and oxygen atoms in total. The SMILES string of the molecule is OCC1(CNCC2CCOC2)CCCC1. The van der Waals surface area contributed by atoms with Crippen LogP contribution in [0, 0.1) is 11.3 Å². The lowest BCUT2D eigenvalue weighted by Gasteiger charge is -2.27. The highest BCUT2D eigenvalue weighted by molar-refractivity contribution is 4.86. The monoisotopic (exact) mass is 213 g/mol. The molecule has 1 saturated heterocycles. The van der Waals surface area contributed by atoms with Gasteiger partial charge >= 0.3 is 0 Å². The summed E-state index contributed by atoms with van der Waals surface area (Å²) >= 11 is 0. The number of nitrogens with one attached hydrogen (secondary N) is 1. The maximum Gasteiger partial charge on any atom is 0.0507 e. The smallest absolute Gasteiger partial charge is 0.0507 e. The second-order valence-electron chi connectivity index (χ2n) is 5.23. The van der Waals surface area contributed by atoms with Crippen molar-refractivity contribution in [1.29, 1.82) is 0 Å². The predicted molar refractivity (Wildman–Crippen MR) is 59.8 cm³/mol. The van der Waals surface area contributed by atoms with Crippen molar-refractivity contribution in [1.82, 2.24) is 5.32 Å². The Morgan fingerprint density at radius 1 is 1.33 bits per heavy atom. The van der Waals surface area contributed by atoms with Gasteiger partial charge in [0.05, 0.1) is 6.61 Å². The summed E-state index contributed by atoms with van der Waals surface area (Å²) in [7, 11) is 0. The Balaban J connectivity index is 1.67. The minimum atomic E-state index is 0.194. The molecule has 0 amide bonds. The van der Waals surface area contributed by atoms with Crippen LogP contribution in [0.3, 0.4) is 0 Å². The lowest BCUT2D eigenvalue weighted by Crippen LogP contribution is -2.37. The molecule has 1 atom stereocenters. The number of aliphatic hydroxyl groups is 1. The van der Waals surface area contributed by atoms with Crippen LogP contribution in [0.15, 0.2) is 0 Å². The molecule has 0 radical (unpaired) electrons. The van der Waals surface area contributed by atoms with Crippen molar-refractivity contribution in [3.63, 3.8) is 0 Å². The van der Waals surface area contributed by atoms with Crippen LogP contribution in [-0.2, 0) is 4.74 Å². The van der Waals surface area contributed by atoms with Gasteiger partial charge in [-0.1, -0.05) is 12.8 Å². The molecule has 0 spiro atoms. The van der Waals surface area contributed by atoms with Crippen molar-refractivity contribution >= 4 is 0 Å². The zero-order valence-corrected chi connectivity index (χ0v) is 9.50. The summed E-state index contributed by atoms with van der Waals surface area (Å²) in [4.78, 5) is 0. The van der Waals surface area contributed by atoms with E-state index in [0.29, 0.717) is 12.5 Å². The molecule has 2 N–H and O–H groups in total. The first-order valence-electron chi connectivity index (χ1n) is 6.24. The summed E-state index contributed by atoms with van der Waals surface area (Å²) in [6, 6.07) is 0.